The molecule has 4 atom stereocenters. The molecule has 0 rings (SSSR count). The first-order valence-electron chi connectivity index (χ1n) is 3.33. The largest absolute Gasteiger partial charge is 0.394 e. The Morgan fingerprint density at radius 2 is 1.45 bits per heavy atom. The van der Waals surface area contributed by atoms with Crippen molar-refractivity contribution in [1.29, 1.82) is 0 Å². The van der Waals surface area contributed by atoms with Gasteiger partial charge in [0.15, 0.2) is 0 Å². The Balaban J connectivity index is 3.90. The van der Waals surface area contributed by atoms with Crippen molar-refractivity contribution in [3.63, 3.8) is 0 Å². The summed E-state index contributed by atoms with van der Waals surface area (Å²) in [5, 5.41) is 43.7. The van der Waals surface area contributed by atoms with Crippen molar-refractivity contribution in [3.05, 3.63) is 0 Å². The quantitative estimate of drug-likeness (QED) is 0.316. The Morgan fingerprint density at radius 3 is 1.73 bits per heavy atom. The molecule has 0 aliphatic carbocycles. The van der Waals surface area contributed by atoms with E-state index >= 15 is 0 Å². The second kappa shape index (κ2) is 4.63. The topological polar surface area (TPSA) is 101 Å². The van der Waals surface area contributed by atoms with E-state index in [0.717, 1.165) is 0 Å². The van der Waals surface area contributed by atoms with Gasteiger partial charge in [0.25, 0.3) is 0 Å². The second-order valence-corrected chi connectivity index (χ2v) is 2.47. The van der Waals surface area contributed by atoms with Crippen LogP contribution in [0.1, 0.15) is 6.92 Å². The van der Waals surface area contributed by atoms with Gasteiger partial charge >= 0.3 is 0 Å². The molecule has 0 aliphatic rings. The molecule has 0 unspecified atom stereocenters. The molecule has 0 aromatic rings. The summed E-state index contributed by atoms with van der Waals surface area (Å²) in [5.74, 6) is 0. The van der Waals surface area contributed by atoms with Gasteiger partial charge in [-0.05, 0) is 6.92 Å². The van der Waals surface area contributed by atoms with Gasteiger partial charge in [-0.25, -0.2) is 0 Å². The predicted molar refractivity (Wildman–Crippen MR) is 36.8 cm³/mol. The minimum Gasteiger partial charge on any atom is -0.394 e. The lowest BCUT2D eigenvalue weighted by Gasteiger charge is -2.23. The molecule has 0 amide bonds. The van der Waals surface area contributed by atoms with Crippen LogP contribution in [0.4, 0.5) is 0 Å². The molecule has 0 fully saturated rings. The fourth-order valence-electron chi connectivity index (χ4n) is 0.621. The molecule has 5 heteroatoms. The van der Waals surface area contributed by atoms with E-state index in [1.54, 1.807) is 0 Å². The molecule has 0 spiro atoms. The molecule has 0 radical (unpaired) electrons. The number of aliphatic hydroxyl groups is 5. The second-order valence-electron chi connectivity index (χ2n) is 2.47. The maximum atomic E-state index is 8.94. The van der Waals surface area contributed by atoms with Crippen LogP contribution >= 0.6 is 0 Å². The highest BCUT2D eigenvalue weighted by Crippen LogP contribution is 2.03. The third-order valence-corrected chi connectivity index (χ3v) is 1.43. The summed E-state index contributed by atoms with van der Waals surface area (Å²) < 4.78 is 0. The lowest BCUT2D eigenvalue weighted by atomic mass is 10.1. The minimum atomic E-state index is -1.51. The smallest absolute Gasteiger partial charge is 0.110 e. The molecule has 5 N–H and O–H groups in total. The molecule has 0 bridgehead atoms. The molecule has 11 heavy (non-hydrogen) atoms. The third-order valence-electron chi connectivity index (χ3n) is 1.43. The van der Waals surface area contributed by atoms with E-state index in [1.165, 1.54) is 6.92 Å². The highest BCUT2D eigenvalue weighted by atomic mass is 16.4. The van der Waals surface area contributed by atoms with Gasteiger partial charge in [-0.2, -0.15) is 0 Å². The fraction of sp³-hybridized carbons (Fsp3) is 1.00. The molecule has 0 aromatic heterocycles. The van der Waals surface area contributed by atoms with Crippen LogP contribution < -0.4 is 0 Å². The normalized spacial score (nSPS) is 22.4. The molecule has 68 valence electrons. The van der Waals surface area contributed by atoms with E-state index in [9.17, 15) is 0 Å². The van der Waals surface area contributed by atoms with E-state index in [1.807, 2.05) is 0 Å². The monoisotopic (exact) mass is 166 g/mol. The van der Waals surface area contributed by atoms with E-state index in [2.05, 4.69) is 0 Å². The number of hydrogen-bond donors (Lipinski definition) is 5. The molecule has 0 heterocycles. The highest BCUT2D eigenvalue weighted by molar-refractivity contribution is 4.77. The minimum absolute atomic E-state index is 0.648. The predicted octanol–water partition coefficient (Wildman–Crippen LogP) is -2.56. The zero-order valence-corrected chi connectivity index (χ0v) is 6.25. The van der Waals surface area contributed by atoms with Crippen LogP contribution in [0.2, 0.25) is 0 Å². The summed E-state index contributed by atoms with van der Waals surface area (Å²) >= 11 is 0. The van der Waals surface area contributed by atoms with Crippen LogP contribution in [-0.4, -0.2) is 56.6 Å². The van der Waals surface area contributed by atoms with Crippen molar-refractivity contribution in [2.75, 3.05) is 6.61 Å². The summed E-state index contributed by atoms with van der Waals surface area (Å²) in [6.45, 7) is 0.628. The number of aliphatic hydroxyl groups excluding tert-OH is 5. The van der Waals surface area contributed by atoms with E-state index in [-0.39, 0.29) is 0 Å². The van der Waals surface area contributed by atoms with Crippen molar-refractivity contribution in [1.82, 2.24) is 0 Å². The zero-order chi connectivity index (χ0) is 9.02. The molecule has 0 aliphatic heterocycles. The first-order chi connectivity index (χ1) is 5.00. The zero-order valence-electron chi connectivity index (χ0n) is 6.25. The van der Waals surface area contributed by atoms with Crippen molar-refractivity contribution in [2.24, 2.45) is 0 Å². The standard InChI is InChI=1S/C6H14O5/c1-3(8)5(10)6(11)4(9)2-7/h3-11H,2H2,1H3/t3-,4+,5+,6+/m1/s1. The Morgan fingerprint density at radius 1 is 1.00 bits per heavy atom. The van der Waals surface area contributed by atoms with Gasteiger partial charge in [-0.3, -0.25) is 0 Å². The summed E-state index contributed by atoms with van der Waals surface area (Å²) in [6.07, 6.45) is -5.50. The molecule has 0 saturated heterocycles. The third kappa shape index (κ3) is 3.13. The Hall–Kier alpha value is -0.200. The van der Waals surface area contributed by atoms with Gasteiger partial charge in [-0.1, -0.05) is 0 Å². The molecular formula is C6H14O5. The first kappa shape index (κ1) is 10.8. The lowest BCUT2D eigenvalue weighted by molar-refractivity contribution is -0.110. The van der Waals surface area contributed by atoms with Gasteiger partial charge < -0.3 is 25.5 Å². The van der Waals surface area contributed by atoms with Crippen LogP contribution in [-0.2, 0) is 0 Å². The maximum absolute atomic E-state index is 8.94. The molecule has 5 nitrogen and oxygen atoms in total. The van der Waals surface area contributed by atoms with E-state index in [0.29, 0.717) is 0 Å². The van der Waals surface area contributed by atoms with Crippen LogP contribution in [0.15, 0.2) is 0 Å². The molecule has 0 aromatic carbocycles. The van der Waals surface area contributed by atoms with E-state index < -0.39 is 31.0 Å². The van der Waals surface area contributed by atoms with Gasteiger partial charge in [0.05, 0.1) is 12.7 Å². The fourth-order valence-corrected chi connectivity index (χ4v) is 0.621. The summed E-state index contributed by atoms with van der Waals surface area (Å²) in [7, 11) is 0. The summed E-state index contributed by atoms with van der Waals surface area (Å²) in [5.41, 5.74) is 0. The van der Waals surface area contributed by atoms with Crippen molar-refractivity contribution < 1.29 is 25.5 Å². The average molecular weight is 166 g/mol. The van der Waals surface area contributed by atoms with Crippen LogP contribution in [0, 0.1) is 0 Å². The highest BCUT2D eigenvalue weighted by Gasteiger charge is 2.27. The average Bonchev–Trinajstić information content (AvgIpc) is 2.00. The van der Waals surface area contributed by atoms with Gasteiger partial charge in [-0.15, -0.1) is 0 Å². The van der Waals surface area contributed by atoms with Crippen LogP contribution in [0.3, 0.4) is 0 Å². The van der Waals surface area contributed by atoms with Crippen molar-refractivity contribution in [2.45, 2.75) is 31.3 Å². The molecule has 0 saturated carbocycles. The van der Waals surface area contributed by atoms with Crippen LogP contribution in [0.5, 0.6) is 0 Å². The van der Waals surface area contributed by atoms with Crippen LogP contribution in [0.25, 0.3) is 0 Å². The number of rotatable bonds is 4. The first-order valence-corrected chi connectivity index (χ1v) is 3.33. The van der Waals surface area contributed by atoms with Crippen molar-refractivity contribution in [3.8, 4) is 0 Å². The Labute approximate surface area is 64.5 Å². The Kier molecular flexibility index (Phi) is 4.55. The van der Waals surface area contributed by atoms with Gasteiger partial charge in [0.1, 0.15) is 18.3 Å². The molecular weight excluding hydrogens is 152 g/mol. The lowest BCUT2D eigenvalue weighted by Crippen LogP contribution is -2.44. The number of hydrogen-bond acceptors (Lipinski definition) is 5. The summed E-state index contributed by atoms with van der Waals surface area (Å²) in [6, 6.07) is 0. The van der Waals surface area contributed by atoms with Gasteiger partial charge in [0, 0.05) is 0 Å². The Bertz CT molecular complexity index is 105. The maximum Gasteiger partial charge on any atom is 0.110 e. The van der Waals surface area contributed by atoms with E-state index in [4.69, 9.17) is 25.5 Å². The summed E-state index contributed by atoms with van der Waals surface area (Å²) in [4.78, 5) is 0. The van der Waals surface area contributed by atoms with Gasteiger partial charge in [0.2, 0.25) is 0 Å². The van der Waals surface area contributed by atoms with Crippen molar-refractivity contribution >= 4 is 0 Å². The SMILES string of the molecule is C[C@@H](O)[C@H](O)[C@@H](O)[C@@H](O)CO.